The molecule has 172 valence electrons. The van der Waals surface area contributed by atoms with Gasteiger partial charge in [-0.25, -0.2) is 0 Å². The van der Waals surface area contributed by atoms with Crippen molar-refractivity contribution in [2.75, 3.05) is 52.5 Å². The summed E-state index contributed by atoms with van der Waals surface area (Å²) in [6.45, 7) is 5.51. The molecule has 0 bridgehead atoms. The Morgan fingerprint density at radius 1 is 1.06 bits per heavy atom. The smallest absolute Gasteiger partial charge is 0.258 e. The quantitative estimate of drug-likeness (QED) is 0.677. The van der Waals surface area contributed by atoms with Crippen molar-refractivity contribution in [2.24, 2.45) is 0 Å². The summed E-state index contributed by atoms with van der Waals surface area (Å²) in [4.78, 5) is 32.6. The number of hydrogen-bond donors (Lipinski definition) is 0. The van der Waals surface area contributed by atoms with E-state index in [1.54, 1.807) is 4.90 Å². The third-order valence-electron chi connectivity index (χ3n) is 7.38. The normalized spacial score (nSPS) is 28.9. The molecule has 1 aliphatic carbocycles. The van der Waals surface area contributed by atoms with Gasteiger partial charge in [0, 0.05) is 32.2 Å². The van der Waals surface area contributed by atoms with E-state index in [1.165, 1.54) is 0 Å². The average molecular weight is 440 g/mol. The highest BCUT2D eigenvalue weighted by molar-refractivity contribution is 5.99. The first-order valence-corrected chi connectivity index (χ1v) is 12.0. The molecule has 0 N–H and O–H groups in total. The van der Waals surface area contributed by atoms with Crippen molar-refractivity contribution in [3.05, 3.63) is 42.0 Å². The van der Waals surface area contributed by atoms with Crippen LogP contribution in [0.1, 0.15) is 42.5 Å². The molecular weight excluding hydrogens is 406 g/mol. The van der Waals surface area contributed by atoms with Crippen molar-refractivity contribution < 1.29 is 19.1 Å². The van der Waals surface area contributed by atoms with Gasteiger partial charge in [0.25, 0.3) is 5.91 Å². The van der Waals surface area contributed by atoms with Crippen LogP contribution in [-0.2, 0) is 9.53 Å². The van der Waals surface area contributed by atoms with E-state index in [0.717, 1.165) is 65.0 Å². The lowest BCUT2D eigenvalue weighted by molar-refractivity contribution is -0.132. The Hall–Kier alpha value is -2.38. The summed E-state index contributed by atoms with van der Waals surface area (Å²) in [6, 6.07) is 8.03. The fourth-order valence-electron chi connectivity index (χ4n) is 5.54. The maximum atomic E-state index is 13.4. The minimum absolute atomic E-state index is 0.0132. The van der Waals surface area contributed by atoms with Crippen molar-refractivity contribution >= 4 is 11.8 Å². The first kappa shape index (κ1) is 21.5. The molecule has 0 atom stereocenters. The van der Waals surface area contributed by atoms with Crippen LogP contribution in [0.5, 0.6) is 5.75 Å². The average Bonchev–Trinajstić information content (AvgIpc) is 2.95. The number of fused-ring (bicyclic) bond motifs is 1. The maximum Gasteiger partial charge on any atom is 0.258 e. The number of ether oxygens (including phenoxy) is 2. The zero-order chi connectivity index (χ0) is 22.0. The van der Waals surface area contributed by atoms with Crippen LogP contribution in [0.2, 0.25) is 0 Å². The molecular formula is C25H33N3O4. The van der Waals surface area contributed by atoms with Crippen molar-refractivity contribution in [3.8, 4) is 5.75 Å². The van der Waals surface area contributed by atoms with Crippen LogP contribution in [-0.4, -0.2) is 90.6 Å². The van der Waals surface area contributed by atoms with Crippen molar-refractivity contribution in [1.29, 1.82) is 0 Å². The number of carbonyl (C=O) groups is 2. The fraction of sp³-hybridized carbons (Fsp3) is 0.600. The van der Waals surface area contributed by atoms with Gasteiger partial charge in [-0.15, -0.1) is 0 Å². The third kappa shape index (κ3) is 4.41. The molecule has 7 nitrogen and oxygen atoms in total. The van der Waals surface area contributed by atoms with Crippen LogP contribution in [0.4, 0.5) is 0 Å². The second-order valence-corrected chi connectivity index (χ2v) is 9.42. The predicted molar refractivity (Wildman–Crippen MR) is 121 cm³/mol. The largest absolute Gasteiger partial charge is 0.485 e. The molecule has 0 aromatic heterocycles. The second-order valence-electron chi connectivity index (χ2n) is 9.42. The predicted octanol–water partition coefficient (Wildman–Crippen LogP) is 2.32. The Kier molecular flexibility index (Phi) is 6.20. The summed E-state index contributed by atoms with van der Waals surface area (Å²) in [7, 11) is 0. The van der Waals surface area contributed by atoms with Crippen LogP contribution in [0.15, 0.2) is 36.4 Å². The zero-order valence-electron chi connectivity index (χ0n) is 18.7. The van der Waals surface area contributed by atoms with E-state index in [4.69, 9.17) is 9.47 Å². The van der Waals surface area contributed by atoms with Gasteiger partial charge in [-0.3, -0.25) is 14.5 Å². The standard InChI is InChI=1S/C25H33N3O4/c29-23(27-12-4-1-5-13-27)18-28-19-25(32-22-7-3-2-6-21(22)24(28)30)10-8-20(9-11-25)26-14-16-31-17-15-26/h1-4,6-7,20H,5,8-19H2. The number of hydrogen-bond acceptors (Lipinski definition) is 5. The number of morpholine rings is 1. The first-order chi connectivity index (χ1) is 15.6. The molecule has 1 saturated carbocycles. The van der Waals surface area contributed by atoms with Gasteiger partial charge in [0.2, 0.25) is 5.91 Å². The van der Waals surface area contributed by atoms with Gasteiger partial charge in [0.15, 0.2) is 0 Å². The summed E-state index contributed by atoms with van der Waals surface area (Å²) in [6.07, 6.45) is 8.84. The van der Waals surface area contributed by atoms with E-state index in [0.29, 0.717) is 30.4 Å². The molecule has 1 saturated heterocycles. The SMILES string of the molecule is O=C(CN1CC2(CCC(N3CCOCC3)CC2)Oc2ccccc2C1=O)N1CC=CCC1. The molecule has 2 fully saturated rings. The Balaban J connectivity index is 1.34. The van der Waals surface area contributed by atoms with Gasteiger partial charge < -0.3 is 19.3 Å². The summed E-state index contributed by atoms with van der Waals surface area (Å²) in [5.74, 6) is 0.561. The van der Waals surface area contributed by atoms with E-state index in [-0.39, 0.29) is 18.4 Å². The van der Waals surface area contributed by atoms with E-state index < -0.39 is 5.60 Å². The topological polar surface area (TPSA) is 62.3 Å². The molecule has 32 heavy (non-hydrogen) atoms. The molecule has 1 aromatic carbocycles. The molecule has 4 aliphatic rings. The monoisotopic (exact) mass is 439 g/mol. The number of nitrogens with zero attached hydrogens (tertiary/aromatic N) is 3. The van der Waals surface area contributed by atoms with Gasteiger partial charge >= 0.3 is 0 Å². The first-order valence-electron chi connectivity index (χ1n) is 12.0. The highest BCUT2D eigenvalue weighted by atomic mass is 16.5. The number of para-hydroxylation sites is 1. The van der Waals surface area contributed by atoms with Gasteiger partial charge in [0.1, 0.15) is 17.9 Å². The van der Waals surface area contributed by atoms with Crippen LogP contribution in [0, 0.1) is 0 Å². The summed E-state index contributed by atoms with van der Waals surface area (Å²) in [5.41, 5.74) is 0.124. The van der Waals surface area contributed by atoms with Gasteiger partial charge in [-0.2, -0.15) is 0 Å². The Morgan fingerprint density at radius 2 is 1.84 bits per heavy atom. The third-order valence-corrected chi connectivity index (χ3v) is 7.38. The summed E-state index contributed by atoms with van der Waals surface area (Å²) < 4.78 is 12.1. The Morgan fingerprint density at radius 3 is 2.59 bits per heavy atom. The van der Waals surface area contributed by atoms with Crippen molar-refractivity contribution in [1.82, 2.24) is 14.7 Å². The lowest BCUT2D eigenvalue weighted by Gasteiger charge is -2.45. The fourth-order valence-corrected chi connectivity index (χ4v) is 5.54. The van der Waals surface area contributed by atoms with E-state index >= 15 is 0 Å². The molecule has 2 amide bonds. The van der Waals surface area contributed by atoms with Crippen LogP contribution in [0.25, 0.3) is 0 Å². The molecule has 7 heteroatoms. The molecule has 3 aliphatic heterocycles. The Bertz CT molecular complexity index is 872. The molecule has 0 unspecified atom stereocenters. The lowest BCUT2D eigenvalue weighted by atomic mass is 9.80. The van der Waals surface area contributed by atoms with Crippen molar-refractivity contribution in [2.45, 2.75) is 43.7 Å². The minimum atomic E-state index is -0.437. The molecule has 1 spiro atoms. The summed E-state index contributed by atoms with van der Waals surface area (Å²) >= 11 is 0. The van der Waals surface area contributed by atoms with E-state index in [1.807, 2.05) is 35.2 Å². The second kappa shape index (κ2) is 9.24. The van der Waals surface area contributed by atoms with Crippen LogP contribution >= 0.6 is 0 Å². The number of amides is 2. The highest BCUT2D eigenvalue weighted by Gasteiger charge is 2.44. The number of rotatable bonds is 3. The number of benzene rings is 1. The van der Waals surface area contributed by atoms with E-state index in [9.17, 15) is 9.59 Å². The van der Waals surface area contributed by atoms with Gasteiger partial charge in [-0.1, -0.05) is 24.3 Å². The molecule has 3 heterocycles. The summed E-state index contributed by atoms with van der Waals surface area (Å²) in [5, 5.41) is 0. The minimum Gasteiger partial charge on any atom is -0.485 e. The van der Waals surface area contributed by atoms with Gasteiger partial charge in [0.05, 0.1) is 25.3 Å². The Labute approximate surface area is 189 Å². The van der Waals surface area contributed by atoms with Crippen LogP contribution in [0.3, 0.4) is 0 Å². The van der Waals surface area contributed by atoms with Crippen molar-refractivity contribution in [3.63, 3.8) is 0 Å². The molecule has 5 rings (SSSR count). The highest BCUT2D eigenvalue weighted by Crippen LogP contribution is 2.39. The lowest BCUT2D eigenvalue weighted by Crippen LogP contribution is -2.55. The van der Waals surface area contributed by atoms with E-state index in [2.05, 4.69) is 11.0 Å². The number of carbonyl (C=O) groups excluding carboxylic acids is 2. The van der Waals surface area contributed by atoms with Gasteiger partial charge in [-0.05, 0) is 44.2 Å². The maximum absolute atomic E-state index is 13.4. The molecule has 0 radical (unpaired) electrons. The zero-order valence-corrected chi connectivity index (χ0v) is 18.7. The van der Waals surface area contributed by atoms with Crippen LogP contribution < -0.4 is 4.74 Å². The molecule has 1 aromatic rings.